The monoisotopic (exact) mass is 363 g/mol. The predicted molar refractivity (Wildman–Crippen MR) is 98.8 cm³/mol. The Bertz CT molecular complexity index is 669. The Hall–Kier alpha value is -2.24. The van der Waals surface area contributed by atoms with Crippen molar-refractivity contribution in [2.45, 2.75) is 65.0 Å². The quantitative estimate of drug-likeness (QED) is 0.882. The minimum Gasteiger partial charge on any atom is -0.496 e. The number of carboxylic acids is 1. The molecular formula is C20H29NO5. The fraction of sp³-hybridized carbons (Fsp3) is 0.600. The molecule has 144 valence electrons. The molecular weight excluding hydrogens is 334 g/mol. The average molecular weight is 363 g/mol. The molecule has 1 amide bonds. The van der Waals surface area contributed by atoms with Gasteiger partial charge in [0.05, 0.1) is 7.11 Å². The van der Waals surface area contributed by atoms with Crippen molar-refractivity contribution in [2.24, 2.45) is 0 Å². The van der Waals surface area contributed by atoms with Crippen LogP contribution in [0.3, 0.4) is 0 Å². The van der Waals surface area contributed by atoms with Crippen LogP contribution in [-0.4, -0.2) is 47.4 Å². The largest absolute Gasteiger partial charge is 0.496 e. The maximum atomic E-state index is 12.6. The van der Waals surface area contributed by atoms with Crippen LogP contribution in [0, 0.1) is 13.8 Å². The third-order valence-electron chi connectivity index (χ3n) is 4.63. The molecule has 0 spiro atoms. The molecule has 2 rings (SSSR count). The minimum absolute atomic E-state index is 0.280. The van der Waals surface area contributed by atoms with Crippen molar-refractivity contribution in [2.75, 3.05) is 13.7 Å². The normalized spacial score (nSPS) is 20.6. The maximum Gasteiger partial charge on any atom is 0.411 e. The molecule has 0 aromatic heterocycles. The van der Waals surface area contributed by atoms with Gasteiger partial charge in [-0.05, 0) is 64.2 Å². The van der Waals surface area contributed by atoms with E-state index in [1.165, 1.54) is 4.90 Å². The van der Waals surface area contributed by atoms with Gasteiger partial charge in [0, 0.05) is 12.5 Å². The van der Waals surface area contributed by atoms with Crippen LogP contribution in [0.25, 0.3) is 0 Å². The predicted octanol–water partition coefficient (Wildman–Crippen LogP) is 3.88. The summed E-state index contributed by atoms with van der Waals surface area (Å²) in [6.07, 6.45) is 0.871. The van der Waals surface area contributed by atoms with Crippen LogP contribution in [-0.2, 0) is 9.53 Å². The summed E-state index contributed by atoms with van der Waals surface area (Å²) in [5.41, 5.74) is 2.17. The zero-order chi connectivity index (χ0) is 19.6. The van der Waals surface area contributed by atoms with Gasteiger partial charge in [-0.3, -0.25) is 4.90 Å². The number of piperidine rings is 1. The van der Waals surface area contributed by atoms with E-state index in [-0.39, 0.29) is 5.92 Å². The summed E-state index contributed by atoms with van der Waals surface area (Å²) in [6, 6.07) is 2.99. The molecule has 0 unspecified atom stereocenters. The molecule has 0 radical (unpaired) electrons. The van der Waals surface area contributed by atoms with Crippen LogP contribution in [0.1, 0.15) is 56.2 Å². The SMILES string of the molecule is COc1c(C)cc([C@@H]2CCCN(C(=O)OC(C)(C)C)[C@@H]2C(=O)O)cc1C. The third kappa shape index (κ3) is 4.29. The van der Waals surface area contributed by atoms with Crippen LogP contribution in [0.5, 0.6) is 5.75 Å². The van der Waals surface area contributed by atoms with Gasteiger partial charge in [0.2, 0.25) is 0 Å². The first kappa shape index (κ1) is 20.1. The van der Waals surface area contributed by atoms with Gasteiger partial charge in [-0.1, -0.05) is 12.1 Å². The molecule has 6 nitrogen and oxygen atoms in total. The number of rotatable bonds is 3. The van der Waals surface area contributed by atoms with Crippen molar-refractivity contribution in [3.63, 3.8) is 0 Å². The first-order valence-corrected chi connectivity index (χ1v) is 8.92. The third-order valence-corrected chi connectivity index (χ3v) is 4.63. The van der Waals surface area contributed by atoms with Gasteiger partial charge in [0.1, 0.15) is 17.4 Å². The summed E-state index contributed by atoms with van der Waals surface area (Å²) < 4.78 is 10.8. The zero-order valence-corrected chi connectivity index (χ0v) is 16.5. The van der Waals surface area contributed by atoms with Crippen molar-refractivity contribution >= 4 is 12.1 Å². The standard InChI is InChI=1S/C20H29NO5/c1-12-10-14(11-13(2)17(12)25-6)15-8-7-9-21(16(15)18(22)23)19(24)26-20(3,4)5/h10-11,15-16H,7-9H2,1-6H3,(H,22,23)/t15-,16-/m0/s1. The fourth-order valence-corrected chi connectivity index (χ4v) is 3.70. The summed E-state index contributed by atoms with van der Waals surface area (Å²) in [5, 5.41) is 9.85. The Labute approximate surface area is 155 Å². The van der Waals surface area contributed by atoms with Crippen LogP contribution in [0.15, 0.2) is 12.1 Å². The van der Waals surface area contributed by atoms with E-state index >= 15 is 0 Å². The number of aliphatic carboxylic acids is 1. The number of carboxylic acid groups (broad SMARTS) is 1. The van der Waals surface area contributed by atoms with E-state index in [0.717, 1.165) is 28.9 Å². The van der Waals surface area contributed by atoms with E-state index in [9.17, 15) is 14.7 Å². The maximum absolute atomic E-state index is 12.6. The summed E-state index contributed by atoms with van der Waals surface area (Å²) in [5.74, 6) is -0.482. The van der Waals surface area contributed by atoms with E-state index in [1.807, 2.05) is 26.0 Å². The lowest BCUT2D eigenvalue weighted by molar-refractivity contribution is -0.145. The van der Waals surface area contributed by atoms with E-state index < -0.39 is 23.7 Å². The van der Waals surface area contributed by atoms with Crippen molar-refractivity contribution in [1.82, 2.24) is 4.90 Å². The zero-order valence-electron chi connectivity index (χ0n) is 16.5. The molecule has 1 aromatic rings. The van der Waals surface area contributed by atoms with Crippen molar-refractivity contribution in [1.29, 1.82) is 0 Å². The number of amides is 1. The number of likely N-dealkylation sites (tertiary alicyclic amines) is 1. The molecule has 1 heterocycles. The van der Waals surface area contributed by atoms with Crippen molar-refractivity contribution in [3.8, 4) is 5.75 Å². The highest BCUT2D eigenvalue weighted by Gasteiger charge is 2.42. The smallest absolute Gasteiger partial charge is 0.411 e. The molecule has 6 heteroatoms. The number of carbonyl (C=O) groups excluding carboxylic acids is 1. The van der Waals surface area contributed by atoms with Gasteiger partial charge in [0.25, 0.3) is 0 Å². The van der Waals surface area contributed by atoms with E-state index in [0.29, 0.717) is 13.0 Å². The molecule has 0 bridgehead atoms. The van der Waals surface area contributed by atoms with Crippen LogP contribution < -0.4 is 4.74 Å². The van der Waals surface area contributed by atoms with Crippen molar-refractivity contribution in [3.05, 3.63) is 28.8 Å². The molecule has 2 atom stereocenters. The Morgan fingerprint density at radius 1 is 1.19 bits per heavy atom. The Morgan fingerprint density at radius 3 is 2.23 bits per heavy atom. The van der Waals surface area contributed by atoms with Gasteiger partial charge in [-0.25, -0.2) is 9.59 Å². The number of benzene rings is 1. The number of aryl methyl sites for hydroxylation is 2. The highest BCUT2D eigenvalue weighted by Crippen LogP contribution is 2.37. The van der Waals surface area contributed by atoms with E-state index in [1.54, 1.807) is 27.9 Å². The molecule has 1 saturated heterocycles. The number of nitrogens with zero attached hydrogens (tertiary/aromatic N) is 1. The molecule has 1 fully saturated rings. The Morgan fingerprint density at radius 2 is 1.77 bits per heavy atom. The van der Waals surface area contributed by atoms with Crippen LogP contribution in [0.4, 0.5) is 4.79 Å². The second-order valence-electron chi connectivity index (χ2n) is 7.89. The lowest BCUT2D eigenvalue weighted by atomic mass is 9.82. The lowest BCUT2D eigenvalue weighted by Gasteiger charge is -2.39. The molecule has 26 heavy (non-hydrogen) atoms. The summed E-state index contributed by atoms with van der Waals surface area (Å²) in [4.78, 5) is 26.0. The Balaban J connectivity index is 2.39. The van der Waals surface area contributed by atoms with Gasteiger partial charge in [-0.2, -0.15) is 0 Å². The molecule has 0 aliphatic carbocycles. The first-order chi connectivity index (χ1) is 12.0. The number of hydrogen-bond donors (Lipinski definition) is 1. The van der Waals surface area contributed by atoms with Crippen LogP contribution in [0.2, 0.25) is 0 Å². The molecule has 1 N–H and O–H groups in total. The number of carbonyl (C=O) groups is 2. The number of methoxy groups -OCH3 is 1. The summed E-state index contributed by atoms with van der Waals surface area (Å²) >= 11 is 0. The fourth-order valence-electron chi connectivity index (χ4n) is 3.70. The number of hydrogen-bond acceptors (Lipinski definition) is 4. The van der Waals surface area contributed by atoms with Gasteiger partial charge in [0.15, 0.2) is 0 Å². The summed E-state index contributed by atoms with van der Waals surface area (Å²) in [6.45, 7) is 9.60. The topological polar surface area (TPSA) is 76.1 Å². The first-order valence-electron chi connectivity index (χ1n) is 8.92. The van der Waals surface area contributed by atoms with Gasteiger partial charge >= 0.3 is 12.1 Å². The second-order valence-corrected chi connectivity index (χ2v) is 7.89. The number of ether oxygens (including phenoxy) is 2. The van der Waals surface area contributed by atoms with Crippen molar-refractivity contribution < 1.29 is 24.2 Å². The highest BCUT2D eigenvalue weighted by atomic mass is 16.6. The van der Waals surface area contributed by atoms with E-state index in [2.05, 4.69) is 0 Å². The van der Waals surface area contributed by atoms with Gasteiger partial charge < -0.3 is 14.6 Å². The average Bonchev–Trinajstić information content (AvgIpc) is 2.52. The molecule has 0 saturated carbocycles. The second kappa shape index (κ2) is 7.56. The molecule has 1 aliphatic rings. The minimum atomic E-state index is -1.01. The molecule has 1 aromatic carbocycles. The summed E-state index contributed by atoms with van der Waals surface area (Å²) in [7, 11) is 1.62. The van der Waals surface area contributed by atoms with Crippen LogP contribution >= 0.6 is 0 Å². The van der Waals surface area contributed by atoms with Gasteiger partial charge in [-0.15, -0.1) is 0 Å². The van der Waals surface area contributed by atoms with E-state index in [4.69, 9.17) is 9.47 Å². The Kier molecular flexibility index (Phi) is 5.84. The lowest BCUT2D eigenvalue weighted by Crippen LogP contribution is -2.53. The highest BCUT2D eigenvalue weighted by molar-refractivity contribution is 5.81. The molecule has 1 aliphatic heterocycles.